The first-order valence-electron chi connectivity index (χ1n) is 8.84. The van der Waals surface area contributed by atoms with E-state index in [1.54, 1.807) is 25.3 Å². The van der Waals surface area contributed by atoms with Crippen LogP contribution in [0.4, 0.5) is 0 Å². The molecule has 1 atom stereocenters. The summed E-state index contributed by atoms with van der Waals surface area (Å²) in [6.45, 7) is 1.83. The summed E-state index contributed by atoms with van der Waals surface area (Å²) in [5.74, 6) is -0.176. The van der Waals surface area contributed by atoms with Gasteiger partial charge in [-0.25, -0.2) is 4.79 Å². The first-order chi connectivity index (χ1) is 13.1. The normalized spacial score (nSPS) is 13.4. The second kappa shape index (κ2) is 7.40. The SMILES string of the molecule is C[C@@H](OC(=O)c1cc2c(s1)-c1ccccc1CC2)C(=O)NCc1ccco1. The minimum atomic E-state index is -0.876. The number of fused-ring (bicyclic) bond motifs is 3. The number of esters is 1. The van der Waals surface area contributed by atoms with E-state index in [-0.39, 0.29) is 12.5 Å². The van der Waals surface area contributed by atoms with E-state index >= 15 is 0 Å². The van der Waals surface area contributed by atoms with Gasteiger partial charge < -0.3 is 14.5 Å². The van der Waals surface area contributed by atoms with E-state index in [1.165, 1.54) is 28.0 Å². The second-order valence-corrected chi connectivity index (χ2v) is 7.52. The summed E-state index contributed by atoms with van der Waals surface area (Å²) in [5, 5.41) is 2.70. The Balaban J connectivity index is 1.42. The number of furan rings is 1. The third-order valence-electron chi connectivity index (χ3n) is 4.61. The highest BCUT2D eigenvalue weighted by Gasteiger charge is 2.24. The van der Waals surface area contributed by atoms with Crippen LogP contribution in [0.3, 0.4) is 0 Å². The van der Waals surface area contributed by atoms with Crippen molar-refractivity contribution in [3.8, 4) is 10.4 Å². The number of aryl methyl sites for hydroxylation is 2. The molecule has 1 N–H and O–H groups in total. The van der Waals surface area contributed by atoms with Crippen LogP contribution in [0.1, 0.15) is 33.5 Å². The van der Waals surface area contributed by atoms with Crippen molar-refractivity contribution in [2.24, 2.45) is 0 Å². The van der Waals surface area contributed by atoms with Gasteiger partial charge in [-0.15, -0.1) is 11.3 Å². The Morgan fingerprint density at radius 1 is 1.19 bits per heavy atom. The van der Waals surface area contributed by atoms with Crippen molar-refractivity contribution in [2.45, 2.75) is 32.4 Å². The van der Waals surface area contributed by atoms with Gasteiger partial charge >= 0.3 is 5.97 Å². The van der Waals surface area contributed by atoms with Crippen molar-refractivity contribution in [2.75, 3.05) is 0 Å². The van der Waals surface area contributed by atoms with Crippen LogP contribution in [-0.2, 0) is 28.9 Å². The molecule has 0 saturated heterocycles. The molecule has 2 aromatic heterocycles. The van der Waals surface area contributed by atoms with Crippen molar-refractivity contribution in [3.63, 3.8) is 0 Å². The van der Waals surface area contributed by atoms with Gasteiger partial charge in [0.05, 0.1) is 12.8 Å². The van der Waals surface area contributed by atoms with Gasteiger partial charge in [0.15, 0.2) is 6.10 Å². The van der Waals surface area contributed by atoms with Gasteiger partial charge in [-0.3, -0.25) is 4.79 Å². The summed E-state index contributed by atoms with van der Waals surface area (Å²) in [7, 11) is 0. The van der Waals surface area contributed by atoms with Crippen LogP contribution in [0.15, 0.2) is 53.1 Å². The number of carbonyl (C=O) groups is 2. The number of carbonyl (C=O) groups excluding carboxylic acids is 2. The molecule has 1 amide bonds. The van der Waals surface area contributed by atoms with E-state index < -0.39 is 12.1 Å². The number of hydrogen-bond donors (Lipinski definition) is 1. The molecule has 3 aromatic rings. The molecule has 138 valence electrons. The first kappa shape index (κ1) is 17.5. The summed E-state index contributed by atoms with van der Waals surface area (Å²) in [4.78, 5) is 26.3. The molecule has 0 fully saturated rings. The molecule has 0 bridgehead atoms. The Morgan fingerprint density at radius 2 is 2.00 bits per heavy atom. The number of ether oxygens (including phenoxy) is 1. The van der Waals surface area contributed by atoms with Crippen molar-refractivity contribution < 1.29 is 18.7 Å². The lowest BCUT2D eigenvalue weighted by Crippen LogP contribution is -2.35. The molecular weight excluding hydrogens is 362 g/mol. The Morgan fingerprint density at radius 3 is 2.81 bits per heavy atom. The smallest absolute Gasteiger partial charge is 0.349 e. The molecule has 6 heteroatoms. The highest BCUT2D eigenvalue weighted by molar-refractivity contribution is 7.17. The molecule has 1 aliphatic carbocycles. The van der Waals surface area contributed by atoms with Gasteiger partial charge in [0, 0.05) is 4.88 Å². The Hall–Kier alpha value is -2.86. The summed E-state index contributed by atoms with van der Waals surface area (Å²) in [5.41, 5.74) is 3.66. The van der Waals surface area contributed by atoms with Crippen molar-refractivity contribution >= 4 is 23.2 Å². The highest BCUT2D eigenvalue weighted by Crippen LogP contribution is 2.39. The summed E-state index contributed by atoms with van der Waals surface area (Å²) >= 11 is 1.43. The Bertz CT molecular complexity index is 974. The zero-order valence-corrected chi connectivity index (χ0v) is 15.7. The number of rotatable bonds is 5. The minimum Gasteiger partial charge on any atom is -0.467 e. The minimum absolute atomic E-state index is 0.262. The molecule has 0 unspecified atom stereocenters. The van der Waals surface area contributed by atoms with Crippen LogP contribution in [-0.4, -0.2) is 18.0 Å². The maximum atomic E-state index is 12.5. The standard InChI is InChI=1S/C21H19NO4S/c1-13(20(23)22-12-16-6-4-10-25-16)26-21(24)18-11-15-9-8-14-5-2-3-7-17(14)19(15)27-18/h2-7,10-11,13H,8-9,12H2,1H3,(H,22,23)/t13-/m1/s1. The molecule has 0 radical (unpaired) electrons. The summed E-state index contributed by atoms with van der Waals surface area (Å²) < 4.78 is 10.5. The molecule has 0 spiro atoms. The fourth-order valence-corrected chi connectivity index (χ4v) is 4.33. The van der Waals surface area contributed by atoms with E-state index in [0.29, 0.717) is 10.6 Å². The molecule has 1 aliphatic rings. The van der Waals surface area contributed by atoms with Crippen LogP contribution in [0.25, 0.3) is 10.4 Å². The van der Waals surface area contributed by atoms with Gasteiger partial charge in [-0.05, 0) is 54.7 Å². The molecule has 1 aromatic carbocycles. The second-order valence-electron chi connectivity index (χ2n) is 6.47. The maximum absolute atomic E-state index is 12.5. The van der Waals surface area contributed by atoms with E-state index in [9.17, 15) is 9.59 Å². The third-order valence-corrected chi connectivity index (χ3v) is 5.80. The number of benzene rings is 1. The van der Waals surface area contributed by atoms with Crippen LogP contribution >= 0.6 is 11.3 Å². The predicted octanol–water partition coefficient (Wildman–Crippen LogP) is 3.97. The average Bonchev–Trinajstić information content (AvgIpc) is 3.35. The van der Waals surface area contributed by atoms with Gasteiger partial charge in [-0.2, -0.15) is 0 Å². The van der Waals surface area contributed by atoms with Gasteiger partial charge in [0.25, 0.3) is 5.91 Å². The van der Waals surface area contributed by atoms with Crippen molar-refractivity contribution in [1.29, 1.82) is 0 Å². The van der Waals surface area contributed by atoms with Crippen molar-refractivity contribution in [1.82, 2.24) is 5.32 Å². The van der Waals surface area contributed by atoms with E-state index in [2.05, 4.69) is 17.4 Å². The molecule has 0 aliphatic heterocycles. The largest absolute Gasteiger partial charge is 0.467 e. The Kier molecular flexibility index (Phi) is 4.81. The van der Waals surface area contributed by atoms with Gasteiger partial charge in [-0.1, -0.05) is 24.3 Å². The number of amides is 1. The lowest BCUT2D eigenvalue weighted by atomic mass is 9.91. The quantitative estimate of drug-likeness (QED) is 0.679. The Labute approximate surface area is 161 Å². The monoisotopic (exact) mass is 381 g/mol. The zero-order valence-electron chi connectivity index (χ0n) is 14.9. The summed E-state index contributed by atoms with van der Waals surface area (Å²) in [6.07, 6.45) is 2.55. The fourth-order valence-electron chi connectivity index (χ4n) is 3.18. The third kappa shape index (κ3) is 3.66. The van der Waals surface area contributed by atoms with E-state index in [0.717, 1.165) is 17.7 Å². The maximum Gasteiger partial charge on any atom is 0.349 e. The lowest BCUT2D eigenvalue weighted by Gasteiger charge is -2.15. The lowest BCUT2D eigenvalue weighted by molar-refractivity contribution is -0.129. The molecular formula is C21H19NO4S. The fraction of sp³-hybridized carbons (Fsp3) is 0.238. The van der Waals surface area contributed by atoms with Gasteiger partial charge in [0.2, 0.25) is 0 Å². The molecule has 4 rings (SSSR count). The topological polar surface area (TPSA) is 68.5 Å². The zero-order chi connectivity index (χ0) is 18.8. The molecule has 2 heterocycles. The first-order valence-corrected chi connectivity index (χ1v) is 9.65. The van der Waals surface area contributed by atoms with Crippen LogP contribution in [0, 0.1) is 0 Å². The molecule has 27 heavy (non-hydrogen) atoms. The van der Waals surface area contributed by atoms with E-state index in [4.69, 9.17) is 9.15 Å². The van der Waals surface area contributed by atoms with E-state index in [1.807, 2.05) is 18.2 Å². The highest BCUT2D eigenvalue weighted by atomic mass is 32.1. The van der Waals surface area contributed by atoms with Crippen LogP contribution < -0.4 is 5.32 Å². The number of hydrogen-bond acceptors (Lipinski definition) is 5. The number of thiophene rings is 1. The number of nitrogens with one attached hydrogen (secondary N) is 1. The molecule has 0 saturated carbocycles. The average molecular weight is 381 g/mol. The summed E-state index contributed by atoms with van der Waals surface area (Å²) in [6, 6.07) is 13.7. The predicted molar refractivity (Wildman–Crippen MR) is 103 cm³/mol. The van der Waals surface area contributed by atoms with Gasteiger partial charge in [0.1, 0.15) is 10.6 Å². The molecule has 5 nitrogen and oxygen atoms in total. The van der Waals surface area contributed by atoms with Crippen LogP contribution in [0.2, 0.25) is 0 Å². The van der Waals surface area contributed by atoms with Crippen molar-refractivity contribution in [3.05, 3.63) is 70.5 Å². The van der Waals surface area contributed by atoms with Crippen LogP contribution in [0.5, 0.6) is 0 Å².